The van der Waals surface area contributed by atoms with Crippen molar-refractivity contribution in [2.75, 3.05) is 32.8 Å². The highest BCUT2D eigenvalue weighted by Gasteiger charge is 2.34. The van der Waals surface area contributed by atoms with E-state index in [0.29, 0.717) is 6.61 Å². The predicted molar refractivity (Wildman–Crippen MR) is 55.2 cm³/mol. The van der Waals surface area contributed by atoms with Crippen LogP contribution in [-0.2, 0) is 4.74 Å². The van der Waals surface area contributed by atoms with Crippen LogP contribution in [0.15, 0.2) is 0 Å². The second-order valence-electron chi connectivity index (χ2n) is 4.99. The number of hydrogen-bond acceptors (Lipinski definition) is 3. The summed E-state index contributed by atoms with van der Waals surface area (Å²) in [6.07, 6.45) is 3.35. The highest BCUT2D eigenvalue weighted by molar-refractivity contribution is 4.87. The smallest absolute Gasteiger partial charge is 0.103 e. The minimum Gasteiger partial charge on any atom is -0.386 e. The van der Waals surface area contributed by atoms with Crippen molar-refractivity contribution in [2.45, 2.75) is 31.8 Å². The molecule has 2 saturated heterocycles. The summed E-state index contributed by atoms with van der Waals surface area (Å²) in [7, 11) is 0. The Bertz CT molecular complexity index is 182. The number of likely N-dealkylation sites (tertiary alicyclic amines) is 1. The van der Waals surface area contributed by atoms with Crippen molar-refractivity contribution in [3.8, 4) is 0 Å². The van der Waals surface area contributed by atoms with E-state index in [4.69, 9.17) is 4.74 Å². The van der Waals surface area contributed by atoms with Gasteiger partial charge in [-0.15, -0.1) is 0 Å². The number of aliphatic hydroxyl groups is 1. The SMILES string of the molecule is CC1CCN(CC2(O)CCOC2)CC1. The van der Waals surface area contributed by atoms with E-state index in [-0.39, 0.29) is 0 Å². The van der Waals surface area contributed by atoms with Crippen molar-refractivity contribution in [3.05, 3.63) is 0 Å². The van der Waals surface area contributed by atoms with E-state index >= 15 is 0 Å². The molecule has 3 heteroatoms. The molecule has 0 aliphatic carbocycles. The maximum atomic E-state index is 10.1. The Labute approximate surface area is 86.0 Å². The number of hydrogen-bond donors (Lipinski definition) is 1. The first-order valence-electron chi connectivity index (χ1n) is 5.70. The van der Waals surface area contributed by atoms with Crippen LogP contribution in [0.4, 0.5) is 0 Å². The van der Waals surface area contributed by atoms with Gasteiger partial charge in [0.1, 0.15) is 5.60 Å². The maximum absolute atomic E-state index is 10.1. The molecule has 1 atom stereocenters. The second-order valence-corrected chi connectivity index (χ2v) is 4.99. The second kappa shape index (κ2) is 4.17. The largest absolute Gasteiger partial charge is 0.386 e. The van der Waals surface area contributed by atoms with Crippen LogP contribution in [0.2, 0.25) is 0 Å². The minimum absolute atomic E-state index is 0.527. The molecule has 0 bridgehead atoms. The Morgan fingerprint density at radius 2 is 2.14 bits per heavy atom. The van der Waals surface area contributed by atoms with Gasteiger partial charge in [0.2, 0.25) is 0 Å². The van der Waals surface area contributed by atoms with Crippen LogP contribution in [0.25, 0.3) is 0 Å². The minimum atomic E-state index is -0.555. The average molecular weight is 199 g/mol. The molecule has 0 aromatic rings. The lowest BCUT2D eigenvalue weighted by molar-refractivity contribution is -0.0113. The highest BCUT2D eigenvalue weighted by atomic mass is 16.5. The number of rotatable bonds is 2. The molecule has 2 aliphatic heterocycles. The normalized spacial score (nSPS) is 36.4. The van der Waals surface area contributed by atoms with Gasteiger partial charge in [0.15, 0.2) is 0 Å². The number of β-amino-alcohol motifs (C(OH)–C–C–N with tert-alkyl or cyclic N) is 1. The van der Waals surface area contributed by atoms with E-state index < -0.39 is 5.60 Å². The number of nitrogens with zero attached hydrogens (tertiary/aromatic N) is 1. The fourth-order valence-corrected chi connectivity index (χ4v) is 2.36. The zero-order valence-electron chi connectivity index (χ0n) is 9.04. The third-order valence-electron chi connectivity index (χ3n) is 3.48. The molecule has 82 valence electrons. The van der Waals surface area contributed by atoms with Crippen molar-refractivity contribution in [3.63, 3.8) is 0 Å². The Morgan fingerprint density at radius 1 is 1.43 bits per heavy atom. The first-order valence-corrected chi connectivity index (χ1v) is 5.70. The van der Waals surface area contributed by atoms with Crippen molar-refractivity contribution >= 4 is 0 Å². The summed E-state index contributed by atoms with van der Waals surface area (Å²) in [6.45, 7) is 6.65. The van der Waals surface area contributed by atoms with E-state index in [0.717, 1.165) is 38.6 Å². The van der Waals surface area contributed by atoms with Gasteiger partial charge in [-0.05, 0) is 31.8 Å². The zero-order chi connectivity index (χ0) is 10.0. The highest BCUT2D eigenvalue weighted by Crippen LogP contribution is 2.23. The van der Waals surface area contributed by atoms with Crippen molar-refractivity contribution in [2.24, 2.45) is 5.92 Å². The van der Waals surface area contributed by atoms with Crippen LogP contribution in [0.3, 0.4) is 0 Å². The molecular formula is C11H21NO2. The lowest BCUT2D eigenvalue weighted by Crippen LogP contribution is -2.46. The molecule has 2 rings (SSSR count). The molecule has 14 heavy (non-hydrogen) atoms. The summed E-state index contributed by atoms with van der Waals surface area (Å²) in [4.78, 5) is 2.38. The molecule has 2 heterocycles. The summed E-state index contributed by atoms with van der Waals surface area (Å²) >= 11 is 0. The molecule has 0 saturated carbocycles. The van der Waals surface area contributed by atoms with Crippen molar-refractivity contribution in [1.29, 1.82) is 0 Å². The van der Waals surface area contributed by atoms with Crippen LogP contribution >= 0.6 is 0 Å². The van der Waals surface area contributed by atoms with E-state index in [9.17, 15) is 5.11 Å². The van der Waals surface area contributed by atoms with Crippen LogP contribution in [0.5, 0.6) is 0 Å². The van der Waals surface area contributed by atoms with E-state index in [1.54, 1.807) is 0 Å². The molecule has 0 amide bonds. The molecule has 3 nitrogen and oxygen atoms in total. The maximum Gasteiger partial charge on any atom is 0.103 e. The quantitative estimate of drug-likeness (QED) is 0.716. The molecule has 1 N–H and O–H groups in total. The Morgan fingerprint density at radius 3 is 2.71 bits per heavy atom. The topological polar surface area (TPSA) is 32.7 Å². The Balaban J connectivity index is 1.79. The third-order valence-corrected chi connectivity index (χ3v) is 3.48. The monoisotopic (exact) mass is 199 g/mol. The van der Waals surface area contributed by atoms with Gasteiger partial charge in [-0.2, -0.15) is 0 Å². The fraction of sp³-hybridized carbons (Fsp3) is 1.00. The first-order chi connectivity index (χ1) is 6.68. The van der Waals surface area contributed by atoms with Crippen LogP contribution < -0.4 is 0 Å². The predicted octanol–water partition coefficient (Wildman–Crippen LogP) is 0.870. The lowest BCUT2D eigenvalue weighted by atomic mass is 9.96. The standard InChI is InChI=1S/C11H21NO2/c1-10-2-5-12(6-3-10)8-11(13)4-7-14-9-11/h10,13H,2-9H2,1H3. The van der Waals surface area contributed by atoms with Gasteiger partial charge < -0.3 is 14.7 Å². The summed E-state index contributed by atoms with van der Waals surface area (Å²) in [6, 6.07) is 0. The van der Waals surface area contributed by atoms with Crippen LogP contribution in [-0.4, -0.2) is 48.5 Å². The van der Waals surface area contributed by atoms with Gasteiger partial charge in [0, 0.05) is 19.6 Å². The van der Waals surface area contributed by atoms with E-state index in [1.807, 2.05) is 0 Å². The van der Waals surface area contributed by atoms with Gasteiger partial charge in [-0.3, -0.25) is 0 Å². The Kier molecular flexibility index (Phi) is 3.10. The summed E-state index contributed by atoms with van der Waals surface area (Å²) < 4.78 is 5.25. The zero-order valence-corrected chi connectivity index (χ0v) is 9.04. The lowest BCUT2D eigenvalue weighted by Gasteiger charge is -2.34. The van der Waals surface area contributed by atoms with Gasteiger partial charge in [-0.25, -0.2) is 0 Å². The van der Waals surface area contributed by atoms with Gasteiger partial charge in [0.05, 0.1) is 6.61 Å². The summed E-state index contributed by atoms with van der Waals surface area (Å²) in [5, 5.41) is 10.1. The molecule has 2 fully saturated rings. The molecule has 1 unspecified atom stereocenters. The van der Waals surface area contributed by atoms with Gasteiger partial charge >= 0.3 is 0 Å². The van der Waals surface area contributed by atoms with E-state index in [1.165, 1.54) is 12.8 Å². The van der Waals surface area contributed by atoms with Crippen molar-refractivity contribution < 1.29 is 9.84 Å². The third kappa shape index (κ3) is 2.47. The molecule has 0 spiro atoms. The van der Waals surface area contributed by atoms with Crippen LogP contribution in [0.1, 0.15) is 26.2 Å². The van der Waals surface area contributed by atoms with Crippen LogP contribution in [0, 0.1) is 5.92 Å². The average Bonchev–Trinajstić information content (AvgIpc) is 2.57. The van der Waals surface area contributed by atoms with E-state index in [2.05, 4.69) is 11.8 Å². The number of ether oxygens (including phenoxy) is 1. The van der Waals surface area contributed by atoms with Crippen molar-refractivity contribution in [1.82, 2.24) is 4.90 Å². The molecule has 0 radical (unpaired) electrons. The number of piperidine rings is 1. The summed E-state index contributed by atoms with van der Waals surface area (Å²) in [5.74, 6) is 0.862. The fourth-order valence-electron chi connectivity index (χ4n) is 2.36. The van der Waals surface area contributed by atoms with Gasteiger partial charge in [-0.1, -0.05) is 6.92 Å². The Hall–Kier alpha value is -0.120. The molecule has 2 aliphatic rings. The molecule has 0 aromatic carbocycles. The molecular weight excluding hydrogens is 178 g/mol. The summed E-state index contributed by atoms with van der Waals surface area (Å²) in [5.41, 5.74) is -0.555. The first kappa shape index (κ1) is 10.4. The van der Waals surface area contributed by atoms with Gasteiger partial charge in [0.25, 0.3) is 0 Å². The molecule has 0 aromatic heterocycles.